The van der Waals surface area contributed by atoms with Crippen molar-refractivity contribution in [2.75, 3.05) is 0 Å². The van der Waals surface area contributed by atoms with Crippen molar-refractivity contribution in [1.82, 2.24) is 10.3 Å². The molecule has 2 rings (SSSR count). The number of hydrogen-bond acceptors (Lipinski definition) is 2. The molecule has 0 aromatic carbocycles. The van der Waals surface area contributed by atoms with Crippen molar-refractivity contribution >= 4 is 0 Å². The Morgan fingerprint density at radius 1 is 1.25 bits per heavy atom. The second-order valence-electron chi connectivity index (χ2n) is 4.98. The molecule has 0 aliphatic heterocycles. The first-order valence-electron chi connectivity index (χ1n) is 6.44. The van der Waals surface area contributed by atoms with Gasteiger partial charge in [-0.25, -0.2) is 0 Å². The van der Waals surface area contributed by atoms with Crippen LogP contribution in [-0.4, -0.2) is 11.0 Å². The first-order chi connectivity index (χ1) is 7.77. The molecule has 0 bridgehead atoms. The standard InChI is InChI=1S/C14H22N2/c1-11(13-7-3-4-8-13)16-12(2)14-9-5-6-10-15-14/h5-6,9-13,16H,3-4,7-8H2,1-2H3/t11-,12?/m0/s1. The van der Waals surface area contributed by atoms with Gasteiger partial charge in [-0.2, -0.15) is 0 Å². The monoisotopic (exact) mass is 218 g/mol. The van der Waals surface area contributed by atoms with Gasteiger partial charge in [0.2, 0.25) is 0 Å². The van der Waals surface area contributed by atoms with Gasteiger partial charge in [0.05, 0.1) is 5.69 Å². The SMILES string of the molecule is CC(N[C@@H](C)C1CCCC1)c1ccccn1. The largest absolute Gasteiger partial charge is 0.306 e. The number of hydrogen-bond donors (Lipinski definition) is 1. The highest BCUT2D eigenvalue weighted by Crippen LogP contribution is 2.28. The van der Waals surface area contributed by atoms with Gasteiger partial charge in [0.1, 0.15) is 0 Å². The maximum atomic E-state index is 4.40. The van der Waals surface area contributed by atoms with Crippen molar-refractivity contribution < 1.29 is 0 Å². The summed E-state index contributed by atoms with van der Waals surface area (Å²) in [6.07, 6.45) is 7.48. The molecule has 1 aliphatic carbocycles. The minimum atomic E-state index is 0.358. The van der Waals surface area contributed by atoms with Crippen LogP contribution >= 0.6 is 0 Å². The molecule has 1 aromatic rings. The van der Waals surface area contributed by atoms with Crippen LogP contribution in [0.25, 0.3) is 0 Å². The van der Waals surface area contributed by atoms with Gasteiger partial charge in [-0.3, -0.25) is 4.98 Å². The van der Waals surface area contributed by atoms with Gasteiger partial charge in [-0.1, -0.05) is 18.9 Å². The van der Waals surface area contributed by atoms with Gasteiger partial charge in [-0.15, -0.1) is 0 Å². The Balaban J connectivity index is 1.89. The molecule has 1 aromatic heterocycles. The van der Waals surface area contributed by atoms with Crippen LogP contribution in [0, 0.1) is 5.92 Å². The normalized spacial score (nSPS) is 20.9. The fourth-order valence-corrected chi connectivity index (χ4v) is 2.71. The quantitative estimate of drug-likeness (QED) is 0.838. The molecule has 2 atom stereocenters. The lowest BCUT2D eigenvalue weighted by atomic mass is 9.98. The van der Waals surface area contributed by atoms with Crippen LogP contribution in [0.15, 0.2) is 24.4 Å². The summed E-state index contributed by atoms with van der Waals surface area (Å²) in [5.41, 5.74) is 1.15. The van der Waals surface area contributed by atoms with Crippen molar-refractivity contribution in [2.45, 2.75) is 51.6 Å². The summed E-state index contributed by atoms with van der Waals surface area (Å²) < 4.78 is 0. The molecule has 88 valence electrons. The summed E-state index contributed by atoms with van der Waals surface area (Å²) in [4.78, 5) is 4.40. The molecule has 16 heavy (non-hydrogen) atoms. The Morgan fingerprint density at radius 2 is 2.00 bits per heavy atom. The zero-order valence-electron chi connectivity index (χ0n) is 10.3. The number of nitrogens with zero attached hydrogens (tertiary/aromatic N) is 1. The molecule has 0 amide bonds. The minimum absolute atomic E-state index is 0.358. The topological polar surface area (TPSA) is 24.9 Å². The Morgan fingerprint density at radius 3 is 2.62 bits per heavy atom. The molecule has 2 nitrogen and oxygen atoms in total. The fourth-order valence-electron chi connectivity index (χ4n) is 2.71. The number of aromatic nitrogens is 1. The number of pyridine rings is 1. The Labute approximate surface area is 98.5 Å². The molecular weight excluding hydrogens is 196 g/mol. The van der Waals surface area contributed by atoms with Crippen LogP contribution in [0.2, 0.25) is 0 Å². The molecule has 1 N–H and O–H groups in total. The average molecular weight is 218 g/mol. The Kier molecular flexibility index (Phi) is 3.94. The third-order valence-corrected chi connectivity index (χ3v) is 3.75. The van der Waals surface area contributed by atoms with E-state index in [0.29, 0.717) is 12.1 Å². The average Bonchev–Trinajstić information content (AvgIpc) is 2.83. The van der Waals surface area contributed by atoms with Gasteiger partial charge in [0.25, 0.3) is 0 Å². The summed E-state index contributed by atoms with van der Waals surface area (Å²) in [5.74, 6) is 0.867. The van der Waals surface area contributed by atoms with Crippen molar-refractivity contribution in [2.24, 2.45) is 5.92 Å². The molecule has 2 heteroatoms. The highest BCUT2D eigenvalue weighted by atomic mass is 15.0. The van der Waals surface area contributed by atoms with Gasteiger partial charge in [-0.05, 0) is 44.7 Å². The van der Waals surface area contributed by atoms with E-state index in [1.807, 2.05) is 12.3 Å². The molecular formula is C14H22N2. The molecule has 1 heterocycles. The first-order valence-corrected chi connectivity index (χ1v) is 6.44. The van der Waals surface area contributed by atoms with Crippen molar-refractivity contribution in [3.8, 4) is 0 Å². The van der Waals surface area contributed by atoms with E-state index in [-0.39, 0.29) is 0 Å². The number of nitrogens with one attached hydrogen (secondary N) is 1. The molecule has 1 saturated carbocycles. The molecule has 0 spiro atoms. The molecule has 1 unspecified atom stereocenters. The summed E-state index contributed by atoms with van der Waals surface area (Å²) >= 11 is 0. The smallest absolute Gasteiger partial charge is 0.0570 e. The van der Waals surface area contributed by atoms with E-state index in [1.165, 1.54) is 25.7 Å². The Bertz CT molecular complexity index is 304. The lowest BCUT2D eigenvalue weighted by molar-refractivity contribution is 0.350. The van der Waals surface area contributed by atoms with E-state index < -0.39 is 0 Å². The van der Waals surface area contributed by atoms with Crippen LogP contribution in [0.5, 0.6) is 0 Å². The zero-order valence-corrected chi connectivity index (χ0v) is 10.3. The van der Waals surface area contributed by atoms with Crippen LogP contribution in [0.4, 0.5) is 0 Å². The summed E-state index contributed by atoms with van der Waals surface area (Å²) in [5, 5.41) is 3.68. The van der Waals surface area contributed by atoms with Crippen LogP contribution in [0.3, 0.4) is 0 Å². The summed E-state index contributed by atoms with van der Waals surface area (Å²) in [6, 6.07) is 7.09. The first kappa shape index (κ1) is 11.6. The predicted octanol–water partition coefficient (Wildman–Crippen LogP) is 3.31. The van der Waals surface area contributed by atoms with E-state index in [2.05, 4.69) is 36.3 Å². The maximum absolute atomic E-state index is 4.40. The second-order valence-corrected chi connectivity index (χ2v) is 4.98. The van der Waals surface area contributed by atoms with Crippen LogP contribution in [-0.2, 0) is 0 Å². The minimum Gasteiger partial charge on any atom is -0.306 e. The third-order valence-electron chi connectivity index (χ3n) is 3.75. The van der Waals surface area contributed by atoms with E-state index >= 15 is 0 Å². The van der Waals surface area contributed by atoms with Crippen molar-refractivity contribution in [1.29, 1.82) is 0 Å². The third kappa shape index (κ3) is 2.82. The van der Waals surface area contributed by atoms with Gasteiger partial charge >= 0.3 is 0 Å². The number of rotatable bonds is 4. The lowest BCUT2D eigenvalue weighted by Gasteiger charge is -2.24. The molecule has 1 aliphatic rings. The fraction of sp³-hybridized carbons (Fsp3) is 0.643. The summed E-state index contributed by atoms with van der Waals surface area (Å²) in [7, 11) is 0. The lowest BCUT2D eigenvalue weighted by Crippen LogP contribution is -2.34. The molecule has 0 radical (unpaired) electrons. The van der Waals surface area contributed by atoms with Gasteiger partial charge in [0, 0.05) is 18.3 Å². The Hall–Kier alpha value is -0.890. The molecule has 1 fully saturated rings. The maximum Gasteiger partial charge on any atom is 0.0570 e. The van der Waals surface area contributed by atoms with Crippen molar-refractivity contribution in [3.63, 3.8) is 0 Å². The zero-order chi connectivity index (χ0) is 11.4. The highest BCUT2D eigenvalue weighted by Gasteiger charge is 2.22. The van der Waals surface area contributed by atoms with E-state index in [9.17, 15) is 0 Å². The van der Waals surface area contributed by atoms with E-state index in [1.54, 1.807) is 0 Å². The predicted molar refractivity (Wildman–Crippen MR) is 67.2 cm³/mol. The van der Waals surface area contributed by atoms with Crippen LogP contribution in [0.1, 0.15) is 51.3 Å². The van der Waals surface area contributed by atoms with Crippen molar-refractivity contribution in [3.05, 3.63) is 30.1 Å². The van der Waals surface area contributed by atoms with E-state index in [0.717, 1.165) is 11.6 Å². The van der Waals surface area contributed by atoms with Gasteiger partial charge < -0.3 is 5.32 Å². The van der Waals surface area contributed by atoms with Crippen LogP contribution < -0.4 is 5.32 Å². The molecule has 0 saturated heterocycles. The van der Waals surface area contributed by atoms with Gasteiger partial charge in [0.15, 0.2) is 0 Å². The second kappa shape index (κ2) is 5.44. The highest BCUT2D eigenvalue weighted by molar-refractivity contribution is 5.07. The summed E-state index contributed by atoms with van der Waals surface area (Å²) in [6.45, 7) is 4.52. The van der Waals surface area contributed by atoms with E-state index in [4.69, 9.17) is 0 Å².